The number of primary amides is 1. The minimum absolute atomic E-state index is 0.0845. The topological polar surface area (TPSA) is 72.2 Å². The van der Waals surface area contributed by atoms with Gasteiger partial charge in [0.1, 0.15) is 6.04 Å². The zero-order chi connectivity index (χ0) is 14.6. The average molecular weight is 274 g/mol. The maximum atomic E-state index is 12.5. The third-order valence-corrected chi connectivity index (χ3v) is 2.42. The molecule has 0 unspecified atom stereocenters. The Morgan fingerprint density at radius 1 is 1.37 bits per heavy atom. The molecule has 104 valence electrons. The van der Waals surface area contributed by atoms with Gasteiger partial charge >= 0.3 is 6.18 Å². The molecule has 7 heteroatoms. The van der Waals surface area contributed by atoms with Gasteiger partial charge in [0, 0.05) is 13.3 Å². The van der Waals surface area contributed by atoms with Crippen molar-refractivity contribution in [2.24, 2.45) is 5.73 Å². The molecule has 0 aliphatic rings. The van der Waals surface area contributed by atoms with Crippen LogP contribution >= 0.6 is 0 Å². The summed E-state index contributed by atoms with van der Waals surface area (Å²) in [4.78, 5) is 22.0. The lowest BCUT2D eigenvalue weighted by atomic mass is 10.0. The summed E-state index contributed by atoms with van der Waals surface area (Å²) < 4.78 is 37.5. The van der Waals surface area contributed by atoms with Crippen LogP contribution in [0, 0.1) is 0 Å². The SMILES string of the molecule is CC(=O)N[C@@H](Cc1cccc(C(F)(F)F)c1)C(N)=O. The number of halogens is 3. The number of nitrogens with one attached hydrogen (secondary N) is 1. The Morgan fingerprint density at radius 2 is 2.00 bits per heavy atom. The van der Waals surface area contributed by atoms with E-state index in [0.29, 0.717) is 0 Å². The molecule has 1 atom stereocenters. The van der Waals surface area contributed by atoms with Gasteiger partial charge in [-0.1, -0.05) is 18.2 Å². The summed E-state index contributed by atoms with van der Waals surface area (Å²) in [6.45, 7) is 1.20. The fourth-order valence-electron chi connectivity index (χ4n) is 1.58. The first-order valence-electron chi connectivity index (χ1n) is 5.42. The number of carbonyl (C=O) groups is 2. The van der Waals surface area contributed by atoms with Gasteiger partial charge < -0.3 is 11.1 Å². The molecule has 0 saturated carbocycles. The van der Waals surface area contributed by atoms with Crippen molar-refractivity contribution in [1.82, 2.24) is 5.32 Å². The summed E-state index contributed by atoms with van der Waals surface area (Å²) >= 11 is 0. The summed E-state index contributed by atoms with van der Waals surface area (Å²) in [5.74, 6) is -1.27. The van der Waals surface area contributed by atoms with Crippen LogP contribution in [0.4, 0.5) is 13.2 Å². The molecule has 0 spiro atoms. The van der Waals surface area contributed by atoms with E-state index in [-0.39, 0.29) is 12.0 Å². The number of hydrogen-bond acceptors (Lipinski definition) is 2. The number of rotatable bonds is 4. The maximum Gasteiger partial charge on any atom is 0.416 e. The lowest BCUT2D eigenvalue weighted by molar-refractivity contribution is -0.137. The fourth-order valence-corrected chi connectivity index (χ4v) is 1.58. The lowest BCUT2D eigenvalue weighted by Crippen LogP contribution is -2.45. The van der Waals surface area contributed by atoms with Gasteiger partial charge in [-0.3, -0.25) is 9.59 Å². The third kappa shape index (κ3) is 4.61. The zero-order valence-corrected chi connectivity index (χ0v) is 10.1. The highest BCUT2D eigenvalue weighted by atomic mass is 19.4. The Hall–Kier alpha value is -2.05. The molecule has 4 nitrogen and oxygen atoms in total. The number of alkyl halides is 3. The molecule has 0 aliphatic heterocycles. The van der Waals surface area contributed by atoms with E-state index in [9.17, 15) is 22.8 Å². The van der Waals surface area contributed by atoms with Gasteiger partial charge in [0.2, 0.25) is 11.8 Å². The van der Waals surface area contributed by atoms with E-state index in [2.05, 4.69) is 5.32 Å². The molecule has 19 heavy (non-hydrogen) atoms. The van der Waals surface area contributed by atoms with E-state index in [1.54, 1.807) is 0 Å². The number of nitrogens with two attached hydrogens (primary N) is 1. The monoisotopic (exact) mass is 274 g/mol. The third-order valence-electron chi connectivity index (χ3n) is 2.42. The van der Waals surface area contributed by atoms with Gasteiger partial charge in [0.15, 0.2) is 0 Å². The van der Waals surface area contributed by atoms with Crippen molar-refractivity contribution in [3.8, 4) is 0 Å². The highest BCUT2D eigenvalue weighted by molar-refractivity contribution is 5.85. The summed E-state index contributed by atoms with van der Waals surface area (Å²) in [7, 11) is 0. The Balaban J connectivity index is 2.91. The minimum Gasteiger partial charge on any atom is -0.368 e. The van der Waals surface area contributed by atoms with Gasteiger partial charge in [0.25, 0.3) is 0 Å². The van der Waals surface area contributed by atoms with Gasteiger partial charge in [-0.2, -0.15) is 13.2 Å². The van der Waals surface area contributed by atoms with Crippen LogP contribution in [0.5, 0.6) is 0 Å². The van der Waals surface area contributed by atoms with Crippen molar-refractivity contribution in [3.63, 3.8) is 0 Å². The standard InChI is InChI=1S/C12H13F3N2O2/c1-7(18)17-10(11(16)19)6-8-3-2-4-9(5-8)12(13,14)15/h2-5,10H,6H2,1H3,(H2,16,19)(H,17,18)/t10-/m0/s1. The quantitative estimate of drug-likeness (QED) is 0.867. The van der Waals surface area contributed by atoms with Crippen molar-refractivity contribution in [3.05, 3.63) is 35.4 Å². The van der Waals surface area contributed by atoms with Crippen molar-refractivity contribution in [2.75, 3.05) is 0 Å². The Bertz CT molecular complexity index is 486. The Labute approximate surface area is 107 Å². The first-order valence-corrected chi connectivity index (χ1v) is 5.42. The van der Waals surface area contributed by atoms with E-state index >= 15 is 0 Å². The van der Waals surface area contributed by atoms with Gasteiger partial charge in [-0.15, -0.1) is 0 Å². The lowest BCUT2D eigenvalue weighted by Gasteiger charge is -2.15. The van der Waals surface area contributed by atoms with Crippen LogP contribution in [0.15, 0.2) is 24.3 Å². The second-order valence-electron chi connectivity index (χ2n) is 4.06. The number of amides is 2. The zero-order valence-electron chi connectivity index (χ0n) is 10.1. The molecular formula is C12H13F3N2O2. The summed E-state index contributed by atoms with van der Waals surface area (Å²) in [5, 5.41) is 2.29. The van der Waals surface area contributed by atoms with Crippen LogP contribution in [0.1, 0.15) is 18.1 Å². The second-order valence-corrected chi connectivity index (χ2v) is 4.06. The van der Waals surface area contributed by atoms with Crippen LogP contribution < -0.4 is 11.1 Å². The Morgan fingerprint density at radius 3 is 2.47 bits per heavy atom. The number of benzene rings is 1. The molecule has 0 radical (unpaired) electrons. The molecule has 0 aliphatic carbocycles. The molecule has 1 rings (SSSR count). The van der Waals surface area contributed by atoms with Gasteiger partial charge in [-0.05, 0) is 11.6 Å². The van der Waals surface area contributed by atoms with Gasteiger partial charge in [0.05, 0.1) is 5.56 Å². The van der Waals surface area contributed by atoms with Gasteiger partial charge in [-0.25, -0.2) is 0 Å². The van der Waals surface area contributed by atoms with Crippen molar-refractivity contribution in [2.45, 2.75) is 25.6 Å². The normalized spacial score (nSPS) is 12.8. The van der Waals surface area contributed by atoms with Crippen LogP contribution in [0.25, 0.3) is 0 Å². The van der Waals surface area contributed by atoms with Crippen LogP contribution in [-0.4, -0.2) is 17.9 Å². The predicted molar refractivity (Wildman–Crippen MR) is 61.9 cm³/mol. The van der Waals surface area contributed by atoms with E-state index in [1.165, 1.54) is 19.1 Å². The molecule has 2 amide bonds. The summed E-state index contributed by atoms with van der Waals surface area (Å²) in [6, 6.07) is 3.51. The molecule has 0 heterocycles. The minimum atomic E-state index is -4.45. The molecule has 3 N–H and O–H groups in total. The average Bonchev–Trinajstić information content (AvgIpc) is 2.26. The first-order chi connectivity index (χ1) is 8.70. The van der Waals surface area contributed by atoms with Crippen LogP contribution in [0.3, 0.4) is 0 Å². The van der Waals surface area contributed by atoms with E-state index < -0.39 is 29.6 Å². The second kappa shape index (κ2) is 5.73. The molecular weight excluding hydrogens is 261 g/mol. The van der Waals surface area contributed by atoms with E-state index in [0.717, 1.165) is 12.1 Å². The van der Waals surface area contributed by atoms with Crippen LogP contribution in [-0.2, 0) is 22.2 Å². The number of carbonyl (C=O) groups excluding carboxylic acids is 2. The molecule has 0 saturated heterocycles. The van der Waals surface area contributed by atoms with Crippen molar-refractivity contribution < 1.29 is 22.8 Å². The van der Waals surface area contributed by atoms with Crippen molar-refractivity contribution >= 4 is 11.8 Å². The molecule has 1 aromatic rings. The van der Waals surface area contributed by atoms with Crippen LogP contribution in [0.2, 0.25) is 0 Å². The predicted octanol–water partition coefficient (Wildman–Crippen LogP) is 1.24. The smallest absolute Gasteiger partial charge is 0.368 e. The molecule has 0 aromatic heterocycles. The highest BCUT2D eigenvalue weighted by Gasteiger charge is 2.30. The molecule has 1 aromatic carbocycles. The van der Waals surface area contributed by atoms with E-state index in [4.69, 9.17) is 5.73 Å². The maximum absolute atomic E-state index is 12.5. The highest BCUT2D eigenvalue weighted by Crippen LogP contribution is 2.29. The van der Waals surface area contributed by atoms with Crippen molar-refractivity contribution in [1.29, 1.82) is 0 Å². The summed E-state index contributed by atoms with van der Waals surface area (Å²) in [6.07, 6.45) is -4.54. The number of hydrogen-bond donors (Lipinski definition) is 2. The summed E-state index contributed by atoms with van der Waals surface area (Å²) in [5.41, 5.74) is 4.54. The molecule has 0 fully saturated rings. The Kier molecular flexibility index (Phi) is 4.52. The largest absolute Gasteiger partial charge is 0.416 e. The van der Waals surface area contributed by atoms with E-state index in [1.807, 2.05) is 0 Å². The molecule has 0 bridgehead atoms. The fraction of sp³-hybridized carbons (Fsp3) is 0.333. The first kappa shape index (κ1) is 15.0.